The lowest BCUT2D eigenvalue weighted by Crippen LogP contribution is -2.49. The van der Waals surface area contributed by atoms with Crippen LogP contribution in [0.25, 0.3) is 33.3 Å². The molecule has 1 fully saturated rings. The van der Waals surface area contributed by atoms with Gasteiger partial charge in [0.05, 0.1) is 11.2 Å². The molecule has 1 aromatic heterocycles. The molecule has 4 aromatic carbocycles. The molecule has 1 atom stereocenters. The van der Waals surface area contributed by atoms with Crippen LogP contribution < -0.4 is 9.64 Å². The molecule has 0 amide bonds. The average Bonchev–Trinajstić information content (AvgIpc) is 3.02. The molecular weight excluding hydrogens is 601 g/mol. The first kappa shape index (κ1) is 29.7. The van der Waals surface area contributed by atoms with Gasteiger partial charge in [-0.05, 0) is 84.8 Å². The number of rotatable bonds is 8. The van der Waals surface area contributed by atoms with E-state index in [1.165, 1.54) is 11.3 Å². The molecule has 1 aliphatic heterocycles. The molecule has 5 aromatic rings. The maximum Gasteiger partial charge on any atom is 0.119 e. The zero-order valence-corrected chi connectivity index (χ0v) is 26.1. The normalized spacial score (nSPS) is 14.7. The van der Waals surface area contributed by atoms with Gasteiger partial charge >= 0.3 is 0 Å². The van der Waals surface area contributed by atoms with E-state index in [9.17, 15) is 5.11 Å². The van der Waals surface area contributed by atoms with Crippen LogP contribution in [-0.2, 0) is 0 Å². The van der Waals surface area contributed by atoms with Crippen molar-refractivity contribution in [2.24, 2.45) is 0 Å². The molecule has 220 valence electrons. The second kappa shape index (κ2) is 13.1. The minimum absolute atomic E-state index is 0.221. The molecule has 0 radical (unpaired) electrons. The smallest absolute Gasteiger partial charge is 0.119 e. The highest BCUT2D eigenvalue weighted by atomic mass is 35.5. The third-order valence-electron chi connectivity index (χ3n) is 7.88. The van der Waals surface area contributed by atoms with Gasteiger partial charge in [0.25, 0.3) is 0 Å². The third kappa shape index (κ3) is 6.93. The van der Waals surface area contributed by atoms with E-state index in [2.05, 4.69) is 22.8 Å². The lowest BCUT2D eigenvalue weighted by molar-refractivity contribution is 0.0663. The van der Waals surface area contributed by atoms with Crippen LogP contribution in [0.2, 0.25) is 15.1 Å². The van der Waals surface area contributed by atoms with Crippen LogP contribution in [0.5, 0.6) is 5.75 Å². The van der Waals surface area contributed by atoms with E-state index in [4.69, 9.17) is 44.5 Å². The number of β-amino-alcohol motifs (C(OH)–C–C–N with tert-alkyl or cyclic N) is 1. The fourth-order valence-corrected chi connectivity index (χ4v) is 6.18. The minimum Gasteiger partial charge on any atom is -0.491 e. The van der Waals surface area contributed by atoms with Gasteiger partial charge in [-0.25, -0.2) is 4.98 Å². The molecular formula is C35H32Cl3N3O2. The van der Waals surface area contributed by atoms with Crippen LogP contribution in [0.1, 0.15) is 5.56 Å². The summed E-state index contributed by atoms with van der Waals surface area (Å²) in [4.78, 5) is 9.55. The van der Waals surface area contributed by atoms with Gasteiger partial charge in [-0.2, -0.15) is 0 Å². The number of piperazine rings is 1. The number of ether oxygens (including phenoxy) is 1. The molecule has 1 aliphatic rings. The Morgan fingerprint density at radius 3 is 2.30 bits per heavy atom. The summed E-state index contributed by atoms with van der Waals surface area (Å²) < 4.78 is 5.96. The van der Waals surface area contributed by atoms with Crippen molar-refractivity contribution < 1.29 is 9.84 Å². The average molecular weight is 633 g/mol. The van der Waals surface area contributed by atoms with Crippen molar-refractivity contribution in [1.82, 2.24) is 9.88 Å². The summed E-state index contributed by atoms with van der Waals surface area (Å²) >= 11 is 19.1. The number of halogens is 3. The maximum absolute atomic E-state index is 10.7. The molecule has 1 unspecified atom stereocenters. The number of aromatic nitrogens is 1. The van der Waals surface area contributed by atoms with Crippen molar-refractivity contribution in [3.8, 4) is 28.1 Å². The van der Waals surface area contributed by atoms with Crippen LogP contribution in [0, 0.1) is 6.92 Å². The fourth-order valence-electron chi connectivity index (χ4n) is 5.61. The molecule has 1 saturated heterocycles. The molecule has 0 spiro atoms. The zero-order valence-electron chi connectivity index (χ0n) is 23.8. The SMILES string of the molecule is Cc1ccc(Cl)cc1N1CCN(CC(O)COc2ccc(-c3cc(-c4ccccc4Cl)c4cc(Cl)ccc4n3)cc2)CC1. The predicted octanol–water partition coefficient (Wildman–Crippen LogP) is 8.40. The second-order valence-corrected chi connectivity index (χ2v) is 12.2. The number of nitrogens with zero attached hydrogens (tertiary/aromatic N) is 3. The number of hydrogen-bond acceptors (Lipinski definition) is 5. The van der Waals surface area contributed by atoms with Gasteiger partial charge < -0.3 is 14.7 Å². The molecule has 0 saturated carbocycles. The van der Waals surface area contributed by atoms with Crippen LogP contribution >= 0.6 is 34.8 Å². The monoisotopic (exact) mass is 631 g/mol. The van der Waals surface area contributed by atoms with Gasteiger partial charge in [0.2, 0.25) is 0 Å². The molecule has 1 N–H and O–H groups in total. The Morgan fingerprint density at radius 1 is 0.814 bits per heavy atom. The van der Waals surface area contributed by atoms with Crippen LogP contribution in [0.15, 0.2) is 91.0 Å². The van der Waals surface area contributed by atoms with Gasteiger partial charge in [0.1, 0.15) is 18.5 Å². The number of fused-ring (bicyclic) bond motifs is 1. The van der Waals surface area contributed by atoms with Crippen molar-refractivity contribution in [1.29, 1.82) is 0 Å². The first-order valence-corrected chi connectivity index (χ1v) is 15.5. The van der Waals surface area contributed by atoms with E-state index >= 15 is 0 Å². The predicted molar refractivity (Wildman–Crippen MR) is 179 cm³/mol. The van der Waals surface area contributed by atoms with E-state index in [-0.39, 0.29) is 6.61 Å². The lowest BCUT2D eigenvalue weighted by Gasteiger charge is -2.37. The number of pyridine rings is 1. The van der Waals surface area contributed by atoms with Crippen molar-refractivity contribution in [3.63, 3.8) is 0 Å². The highest BCUT2D eigenvalue weighted by Crippen LogP contribution is 2.37. The summed E-state index contributed by atoms with van der Waals surface area (Å²) in [7, 11) is 0. The topological polar surface area (TPSA) is 48.8 Å². The molecule has 2 heterocycles. The number of benzene rings is 4. The van der Waals surface area contributed by atoms with Crippen molar-refractivity contribution in [3.05, 3.63) is 112 Å². The molecule has 8 heteroatoms. The fraction of sp³-hybridized carbons (Fsp3) is 0.229. The van der Waals surface area contributed by atoms with Gasteiger partial charge in [-0.15, -0.1) is 0 Å². The molecule has 5 nitrogen and oxygen atoms in total. The summed E-state index contributed by atoms with van der Waals surface area (Å²) in [5.74, 6) is 0.697. The van der Waals surface area contributed by atoms with Gasteiger partial charge in [0.15, 0.2) is 0 Å². The number of anilines is 1. The number of aryl methyl sites for hydroxylation is 1. The Balaban J connectivity index is 1.09. The Bertz CT molecular complexity index is 1740. The first-order chi connectivity index (χ1) is 20.8. The van der Waals surface area contributed by atoms with E-state index < -0.39 is 6.10 Å². The molecule has 0 aliphatic carbocycles. The summed E-state index contributed by atoms with van der Waals surface area (Å²) in [5, 5.41) is 13.7. The largest absolute Gasteiger partial charge is 0.491 e. The number of aliphatic hydroxyl groups is 1. The third-order valence-corrected chi connectivity index (χ3v) is 8.68. The van der Waals surface area contributed by atoms with Crippen molar-refractivity contribution in [2.45, 2.75) is 13.0 Å². The molecule has 0 bridgehead atoms. The quantitative estimate of drug-likeness (QED) is 0.186. The molecule has 43 heavy (non-hydrogen) atoms. The van der Waals surface area contributed by atoms with Crippen LogP contribution in [0.4, 0.5) is 5.69 Å². The first-order valence-electron chi connectivity index (χ1n) is 14.3. The standard InChI is InChI=1S/C35H32Cl3N3O2/c1-23-6-9-26(37)19-35(23)41-16-14-40(15-17-41)21-27(42)22-43-28-11-7-24(8-12-28)34-20-30(29-4-2-3-5-32(29)38)31-18-25(36)10-13-33(31)39-34/h2-13,18-20,27,42H,14-17,21-22H2,1H3. The van der Waals surface area contributed by atoms with Crippen LogP contribution in [0.3, 0.4) is 0 Å². The Kier molecular flexibility index (Phi) is 9.08. The maximum atomic E-state index is 10.7. The zero-order chi connectivity index (χ0) is 29.9. The summed E-state index contributed by atoms with van der Waals surface area (Å²) in [5.41, 5.74) is 6.91. The van der Waals surface area contributed by atoms with Crippen LogP contribution in [-0.4, -0.2) is 60.4 Å². The van der Waals surface area contributed by atoms with E-state index in [0.29, 0.717) is 22.3 Å². The summed E-state index contributed by atoms with van der Waals surface area (Å²) in [6.45, 7) is 6.43. The van der Waals surface area contributed by atoms with Crippen molar-refractivity contribution in [2.75, 3.05) is 44.2 Å². The van der Waals surface area contributed by atoms with Gasteiger partial charge in [-0.3, -0.25) is 4.90 Å². The van der Waals surface area contributed by atoms with Crippen molar-refractivity contribution >= 4 is 51.4 Å². The Morgan fingerprint density at radius 2 is 1.53 bits per heavy atom. The summed E-state index contributed by atoms with van der Waals surface area (Å²) in [6.07, 6.45) is -0.591. The van der Waals surface area contributed by atoms with E-state index in [1.54, 1.807) is 0 Å². The van der Waals surface area contributed by atoms with E-state index in [1.807, 2.05) is 84.9 Å². The number of aliphatic hydroxyl groups excluding tert-OH is 1. The second-order valence-electron chi connectivity index (χ2n) is 10.9. The minimum atomic E-state index is -0.591. The molecule has 6 rings (SSSR count). The highest BCUT2D eigenvalue weighted by molar-refractivity contribution is 6.34. The van der Waals surface area contributed by atoms with Gasteiger partial charge in [-0.1, -0.05) is 59.1 Å². The Hall–Kier alpha value is -3.32. The summed E-state index contributed by atoms with van der Waals surface area (Å²) in [6, 6.07) is 29.3. The highest BCUT2D eigenvalue weighted by Gasteiger charge is 2.21. The Labute approximate surface area is 267 Å². The van der Waals surface area contributed by atoms with Gasteiger partial charge in [0, 0.05) is 70.0 Å². The lowest BCUT2D eigenvalue weighted by atomic mass is 9.98. The number of hydrogen-bond donors (Lipinski definition) is 1. The van der Waals surface area contributed by atoms with E-state index in [0.717, 1.165) is 64.5 Å².